The number of hydrogen-bond donors (Lipinski definition) is 1. The van der Waals surface area contributed by atoms with E-state index in [1.165, 1.54) is 11.1 Å². The molecule has 2 heterocycles. The Morgan fingerprint density at radius 2 is 2.32 bits per heavy atom. The molecule has 0 atom stereocenters. The number of rotatable bonds is 3. The molecule has 1 N–H and O–H groups in total. The van der Waals surface area contributed by atoms with Crippen LogP contribution in [-0.4, -0.2) is 37.6 Å². The van der Waals surface area contributed by atoms with Crippen molar-refractivity contribution in [2.24, 2.45) is 5.92 Å². The average molecular weight is 260 g/mol. The first-order valence-electron chi connectivity index (χ1n) is 6.94. The minimum absolute atomic E-state index is 0.172. The van der Waals surface area contributed by atoms with Gasteiger partial charge in [-0.2, -0.15) is 0 Å². The van der Waals surface area contributed by atoms with Crippen molar-refractivity contribution in [2.75, 3.05) is 26.7 Å². The van der Waals surface area contributed by atoms with E-state index < -0.39 is 0 Å². The zero-order chi connectivity index (χ0) is 13.2. The Labute approximate surface area is 113 Å². The molecule has 1 aromatic rings. The van der Waals surface area contributed by atoms with Crippen molar-refractivity contribution in [1.29, 1.82) is 0 Å². The molecule has 2 aliphatic heterocycles. The summed E-state index contributed by atoms with van der Waals surface area (Å²) in [7, 11) is 1.89. The molecule has 1 saturated heterocycles. The number of nitrogens with zero attached hydrogens (tertiary/aromatic N) is 1. The van der Waals surface area contributed by atoms with Crippen molar-refractivity contribution in [2.45, 2.75) is 19.4 Å². The summed E-state index contributed by atoms with van der Waals surface area (Å²) in [5.74, 6) is 1.42. The Hall–Kier alpha value is -1.55. The van der Waals surface area contributed by atoms with Crippen LogP contribution >= 0.6 is 0 Å². The van der Waals surface area contributed by atoms with Gasteiger partial charge in [0.15, 0.2) is 0 Å². The lowest BCUT2D eigenvalue weighted by Crippen LogP contribution is -2.50. The lowest BCUT2D eigenvalue weighted by molar-refractivity contribution is -0.136. The van der Waals surface area contributed by atoms with E-state index >= 15 is 0 Å². The Morgan fingerprint density at radius 3 is 3.05 bits per heavy atom. The highest BCUT2D eigenvalue weighted by Crippen LogP contribution is 2.26. The van der Waals surface area contributed by atoms with Gasteiger partial charge in [-0.05, 0) is 30.0 Å². The van der Waals surface area contributed by atoms with E-state index in [2.05, 4.69) is 17.4 Å². The molecular formula is C15H20N2O2. The summed E-state index contributed by atoms with van der Waals surface area (Å²) in [6.07, 6.45) is 2.16. The van der Waals surface area contributed by atoms with E-state index in [-0.39, 0.29) is 11.8 Å². The molecule has 0 aliphatic carbocycles. The summed E-state index contributed by atoms with van der Waals surface area (Å²) in [5.41, 5.74) is 2.46. The van der Waals surface area contributed by atoms with Crippen molar-refractivity contribution >= 4 is 5.91 Å². The summed E-state index contributed by atoms with van der Waals surface area (Å²) in [6, 6.07) is 6.28. The van der Waals surface area contributed by atoms with Gasteiger partial charge in [0.25, 0.3) is 0 Å². The SMILES string of the molecule is CN(Cc1ccc2c(c1)CCCO2)C(=O)C1CNC1. The molecule has 0 radical (unpaired) electrons. The lowest BCUT2D eigenvalue weighted by Gasteiger charge is -2.30. The molecule has 4 nitrogen and oxygen atoms in total. The molecule has 1 aromatic carbocycles. The maximum absolute atomic E-state index is 12.1. The number of nitrogens with one attached hydrogen (secondary N) is 1. The van der Waals surface area contributed by atoms with Crippen LogP contribution in [0.1, 0.15) is 17.5 Å². The molecule has 0 bridgehead atoms. The average Bonchev–Trinajstić information content (AvgIpc) is 2.36. The van der Waals surface area contributed by atoms with Crippen LogP contribution in [-0.2, 0) is 17.8 Å². The minimum atomic E-state index is 0.172. The molecule has 0 aromatic heterocycles. The number of ether oxygens (including phenoxy) is 1. The molecule has 3 rings (SSSR count). The van der Waals surface area contributed by atoms with Gasteiger partial charge in [-0.25, -0.2) is 0 Å². The third-order valence-electron chi connectivity index (χ3n) is 3.90. The summed E-state index contributed by atoms with van der Waals surface area (Å²) < 4.78 is 5.61. The van der Waals surface area contributed by atoms with Crippen molar-refractivity contribution in [3.8, 4) is 5.75 Å². The minimum Gasteiger partial charge on any atom is -0.493 e. The third kappa shape index (κ3) is 2.59. The Balaban J connectivity index is 1.67. The molecule has 2 aliphatic rings. The molecule has 1 amide bonds. The van der Waals surface area contributed by atoms with E-state index in [0.717, 1.165) is 38.3 Å². The van der Waals surface area contributed by atoms with Crippen LogP contribution in [0.4, 0.5) is 0 Å². The summed E-state index contributed by atoms with van der Waals surface area (Å²) in [5, 5.41) is 3.14. The second kappa shape index (κ2) is 5.21. The fraction of sp³-hybridized carbons (Fsp3) is 0.533. The first kappa shape index (κ1) is 12.5. The van der Waals surface area contributed by atoms with Crippen LogP contribution in [0, 0.1) is 5.92 Å². The Bertz CT molecular complexity index is 483. The standard InChI is InChI=1S/C15H20N2O2/c1-17(15(18)13-8-16-9-13)10-11-4-5-14-12(7-11)3-2-6-19-14/h4-5,7,13,16H,2-3,6,8-10H2,1H3. The first-order valence-corrected chi connectivity index (χ1v) is 6.94. The highest BCUT2D eigenvalue weighted by Gasteiger charge is 2.27. The van der Waals surface area contributed by atoms with Gasteiger partial charge < -0.3 is 15.0 Å². The van der Waals surface area contributed by atoms with Gasteiger partial charge >= 0.3 is 0 Å². The second-order valence-electron chi connectivity index (χ2n) is 5.44. The number of aryl methyl sites for hydroxylation is 1. The Morgan fingerprint density at radius 1 is 1.47 bits per heavy atom. The molecule has 0 spiro atoms. The molecule has 4 heteroatoms. The Kier molecular flexibility index (Phi) is 3.42. The normalized spacial score (nSPS) is 18.2. The van der Waals surface area contributed by atoms with Gasteiger partial charge in [-0.15, -0.1) is 0 Å². The fourth-order valence-electron chi connectivity index (χ4n) is 2.64. The highest BCUT2D eigenvalue weighted by atomic mass is 16.5. The van der Waals surface area contributed by atoms with E-state index in [4.69, 9.17) is 4.74 Å². The molecule has 1 fully saturated rings. The van der Waals surface area contributed by atoms with Gasteiger partial charge in [-0.3, -0.25) is 4.79 Å². The number of benzene rings is 1. The maximum Gasteiger partial charge on any atom is 0.228 e. The van der Waals surface area contributed by atoms with E-state index in [1.807, 2.05) is 18.0 Å². The summed E-state index contributed by atoms with van der Waals surface area (Å²) in [4.78, 5) is 13.9. The van der Waals surface area contributed by atoms with Gasteiger partial charge in [0.1, 0.15) is 5.75 Å². The molecule has 0 saturated carbocycles. The van der Waals surface area contributed by atoms with E-state index in [1.54, 1.807) is 0 Å². The quantitative estimate of drug-likeness (QED) is 0.887. The largest absolute Gasteiger partial charge is 0.493 e. The van der Waals surface area contributed by atoms with E-state index in [9.17, 15) is 4.79 Å². The van der Waals surface area contributed by atoms with Crippen LogP contribution in [0.2, 0.25) is 0 Å². The lowest BCUT2D eigenvalue weighted by atomic mass is 10.0. The number of carbonyl (C=O) groups excluding carboxylic acids is 1. The number of fused-ring (bicyclic) bond motifs is 1. The van der Waals surface area contributed by atoms with Crippen molar-refractivity contribution < 1.29 is 9.53 Å². The fourth-order valence-corrected chi connectivity index (χ4v) is 2.64. The monoisotopic (exact) mass is 260 g/mol. The summed E-state index contributed by atoms with van der Waals surface area (Å²) in [6.45, 7) is 3.14. The summed E-state index contributed by atoms with van der Waals surface area (Å²) >= 11 is 0. The van der Waals surface area contributed by atoms with Gasteiger partial charge in [0.05, 0.1) is 12.5 Å². The van der Waals surface area contributed by atoms with E-state index in [0.29, 0.717) is 6.54 Å². The van der Waals surface area contributed by atoms with Crippen LogP contribution in [0.25, 0.3) is 0 Å². The predicted octanol–water partition coefficient (Wildman–Crippen LogP) is 1.19. The highest BCUT2D eigenvalue weighted by molar-refractivity contribution is 5.79. The van der Waals surface area contributed by atoms with Gasteiger partial charge in [0.2, 0.25) is 5.91 Å². The topological polar surface area (TPSA) is 41.6 Å². The zero-order valence-corrected chi connectivity index (χ0v) is 11.3. The van der Waals surface area contributed by atoms with Crippen molar-refractivity contribution in [3.05, 3.63) is 29.3 Å². The zero-order valence-electron chi connectivity index (χ0n) is 11.3. The molecular weight excluding hydrogens is 240 g/mol. The van der Waals surface area contributed by atoms with Gasteiger partial charge in [-0.1, -0.05) is 12.1 Å². The number of hydrogen-bond acceptors (Lipinski definition) is 3. The van der Waals surface area contributed by atoms with Crippen molar-refractivity contribution in [1.82, 2.24) is 10.2 Å². The van der Waals surface area contributed by atoms with Crippen LogP contribution in [0.3, 0.4) is 0 Å². The molecule has 102 valence electrons. The van der Waals surface area contributed by atoms with Crippen LogP contribution in [0.5, 0.6) is 5.75 Å². The number of amides is 1. The smallest absolute Gasteiger partial charge is 0.228 e. The third-order valence-corrected chi connectivity index (χ3v) is 3.90. The van der Waals surface area contributed by atoms with Gasteiger partial charge in [0, 0.05) is 26.7 Å². The van der Waals surface area contributed by atoms with Crippen LogP contribution in [0.15, 0.2) is 18.2 Å². The van der Waals surface area contributed by atoms with Crippen LogP contribution < -0.4 is 10.1 Å². The number of carbonyl (C=O) groups is 1. The molecule has 19 heavy (non-hydrogen) atoms. The first-order chi connectivity index (χ1) is 9.24. The molecule has 0 unspecified atom stereocenters. The predicted molar refractivity (Wildman–Crippen MR) is 73.1 cm³/mol. The second-order valence-corrected chi connectivity index (χ2v) is 5.44. The maximum atomic E-state index is 12.1. The van der Waals surface area contributed by atoms with Crippen molar-refractivity contribution in [3.63, 3.8) is 0 Å².